The summed E-state index contributed by atoms with van der Waals surface area (Å²) in [6.07, 6.45) is 2.67. The van der Waals surface area contributed by atoms with Gasteiger partial charge < -0.3 is 15.0 Å². The van der Waals surface area contributed by atoms with Crippen molar-refractivity contribution in [2.75, 3.05) is 13.1 Å². The first kappa shape index (κ1) is 17.2. The highest BCUT2D eigenvalue weighted by atomic mass is 19.1. The fourth-order valence-electron chi connectivity index (χ4n) is 2.78. The Balaban J connectivity index is 1.46. The monoisotopic (exact) mass is 350 g/mol. The first-order chi connectivity index (χ1) is 12.0. The molecule has 0 radical (unpaired) electrons. The van der Waals surface area contributed by atoms with Crippen molar-refractivity contribution in [2.24, 2.45) is 7.05 Å². The van der Waals surface area contributed by atoms with Crippen LogP contribution < -0.4 is 10.1 Å². The average Bonchev–Trinajstić information content (AvgIpc) is 3.01. The molecule has 6 nitrogen and oxygen atoms in total. The van der Waals surface area contributed by atoms with Crippen LogP contribution >= 0.6 is 0 Å². The Morgan fingerprint density at radius 2 is 2.08 bits per heavy atom. The molecule has 2 amide bonds. The van der Waals surface area contributed by atoms with Crippen molar-refractivity contribution in [2.45, 2.75) is 25.5 Å². The van der Waals surface area contributed by atoms with Gasteiger partial charge in [-0.3, -0.25) is 4.68 Å². The van der Waals surface area contributed by atoms with Gasteiger partial charge in [0.25, 0.3) is 0 Å². The molecule has 1 aromatic heterocycles. The number of ether oxygens (including phenoxy) is 1. The number of aryl methyl sites for hydroxylation is 1. The molecule has 1 saturated heterocycles. The van der Waals surface area contributed by atoms with Gasteiger partial charge in [-0.2, -0.15) is 5.10 Å². The van der Waals surface area contributed by atoms with E-state index in [9.17, 15) is 13.6 Å². The zero-order chi connectivity index (χ0) is 17.8. The van der Waals surface area contributed by atoms with Gasteiger partial charge in [-0.25, -0.2) is 13.6 Å². The molecule has 3 rings (SSSR count). The molecule has 25 heavy (non-hydrogen) atoms. The largest absolute Gasteiger partial charge is 0.487 e. The van der Waals surface area contributed by atoms with Crippen LogP contribution in [0.1, 0.15) is 18.5 Å². The molecular weight excluding hydrogens is 330 g/mol. The third-order valence-corrected chi connectivity index (χ3v) is 4.26. The predicted molar refractivity (Wildman–Crippen MR) is 87.0 cm³/mol. The number of carbonyl (C=O) groups excluding carboxylic acids is 1. The Hall–Kier alpha value is -2.64. The van der Waals surface area contributed by atoms with E-state index in [1.54, 1.807) is 15.8 Å². The van der Waals surface area contributed by atoms with Crippen molar-refractivity contribution >= 4 is 6.03 Å². The van der Waals surface area contributed by atoms with Crippen LogP contribution in [-0.2, 0) is 13.6 Å². The molecule has 0 bridgehead atoms. The summed E-state index contributed by atoms with van der Waals surface area (Å²) in [6.45, 7) is 1.45. The molecule has 2 heterocycles. The second kappa shape index (κ2) is 7.50. The van der Waals surface area contributed by atoms with Crippen molar-refractivity contribution in [1.29, 1.82) is 0 Å². The van der Waals surface area contributed by atoms with E-state index in [0.29, 0.717) is 32.5 Å². The van der Waals surface area contributed by atoms with E-state index in [2.05, 4.69) is 10.4 Å². The lowest BCUT2D eigenvalue weighted by Crippen LogP contribution is -2.46. The molecule has 8 heteroatoms. The number of nitrogens with zero attached hydrogens (tertiary/aromatic N) is 3. The van der Waals surface area contributed by atoms with Gasteiger partial charge in [0.15, 0.2) is 11.6 Å². The normalized spacial score (nSPS) is 15.2. The summed E-state index contributed by atoms with van der Waals surface area (Å²) in [5.74, 6) is -1.30. The number of likely N-dealkylation sites (tertiary alicyclic amines) is 1. The molecule has 0 unspecified atom stereocenters. The van der Waals surface area contributed by atoms with Gasteiger partial charge in [-0.1, -0.05) is 0 Å². The molecule has 0 atom stereocenters. The quantitative estimate of drug-likeness (QED) is 0.921. The number of urea groups is 1. The molecule has 134 valence electrons. The van der Waals surface area contributed by atoms with E-state index in [0.717, 1.165) is 11.8 Å². The Bertz CT molecular complexity index is 742. The van der Waals surface area contributed by atoms with Crippen molar-refractivity contribution in [3.8, 4) is 5.75 Å². The first-order valence-corrected chi connectivity index (χ1v) is 8.14. The van der Waals surface area contributed by atoms with Gasteiger partial charge in [-0.15, -0.1) is 0 Å². The van der Waals surface area contributed by atoms with Crippen LogP contribution in [0.4, 0.5) is 13.6 Å². The number of carbonyl (C=O) groups is 1. The summed E-state index contributed by atoms with van der Waals surface area (Å²) >= 11 is 0. The number of piperidine rings is 1. The minimum absolute atomic E-state index is 0.0421. The fraction of sp³-hybridized carbons (Fsp3) is 0.412. The number of halogens is 2. The van der Waals surface area contributed by atoms with Gasteiger partial charge in [0, 0.05) is 45.2 Å². The summed E-state index contributed by atoms with van der Waals surface area (Å²) in [7, 11) is 1.82. The second-order valence-corrected chi connectivity index (χ2v) is 5.98. The summed E-state index contributed by atoms with van der Waals surface area (Å²) in [4.78, 5) is 13.9. The SMILES string of the molecule is Cn1nccc1CNC(=O)N1CCC(Oc2ccc(F)cc2F)CC1. The highest BCUT2D eigenvalue weighted by Crippen LogP contribution is 2.22. The molecule has 1 aliphatic heterocycles. The molecule has 0 saturated carbocycles. The van der Waals surface area contributed by atoms with Crippen LogP contribution in [0.2, 0.25) is 0 Å². The first-order valence-electron chi connectivity index (χ1n) is 8.14. The standard InChI is InChI=1S/C17H20F2N4O2/c1-22-13(4-7-21-22)11-20-17(24)23-8-5-14(6-9-23)25-16-3-2-12(18)10-15(16)19/h2-4,7,10,14H,5-6,8-9,11H2,1H3,(H,20,24). The Labute approximate surface area is 144 Å². The Kier molecular flexibility index (Phi) is 5.16. The third-order valence-electron chi connectivity index (χ3n) is 4.26. The van der Waals surface area contributed by atoms with Crippen LogP contribution in [0, 0.1) is 11.6 Å². The number of benzene rings is 1. The maximum atomic E-state index is 13.6. The van der Waals surface area contributed by atoms with E-state index < -0.39 is 11.6 Å². The summed E-state index contributed by atoms with van der Waals surface area (Å²) in [6, 6.07) is 4.96. The van der Waals surface area contributed by atoms with Crippen LogP contribution in [0.5, 0.6) is 5.75 Å². The number of rotatable bonds is 4. The van der Waals surface area contributed by atoms with E-state index in [4.69, 9.17) is 4.74 Å². The fourth-order valence-corrected chi connectivity index (χ4v) is 2.78. The van der Waals surface area contributed by atoms with E-state index in [1.807, 2.05) is 13.1 Å². The van der Waals surface area contributed by atoms with Crippen molar-refractivity contribution in [3.63, 3.8) is 0 Å². The molecule has 1 aromatic carbocycles. The lowest BCUT2D eigenvalue weighted by atomic mass is 10.1. The lowest BCUT2D eigenvalue weighted by molar-refractivity contribution is 0.107. The number of hydrogen-bond acceptors (Lipinski definition) is 3. The zero-order valence-electron chi connectivity index (χ0n) is 13.9. The van der Waals surface area contributed by atoms with Gasteiger partial charge >= 0.3 is 6.03 Å². The number of hydrogen-bond donors (Lipinski definition) is 1. The van der Waals surface area contributed by atoms with Crippen LogP contribution in [-0.4, -0.2) is 39.9 Å². The highest BCUT2D eigenvalue weighted by molar-refractivity contribution is 5.74. The molecule has 0 aliphatic carbocycles. The average molecular weight is 350 g/mol. The van der Waals surface area contributed by atoms with Gasteiger partial charge in [-0.05, 0) is 18.2 Å². The Morgan fingerprint density at radius 3 is 2.72 bits per heavy atom. The van der Waals surface area contributed by atoms with Crippen molar-refractivity contribution in [1.82, 2.24) is 20.0 Å². The Morgan fingerprint density at radius 1 is 1.32 bits per heavy atom. The maximum Gasteiger partial charge on any atom is 0.317 e. The molecule has 2 aromatic rings. The molecule has 1 aliphatic rings. The number of nitrogens with one attached hydrogen (secondary N) is 1. The summed E-state index contributed by atoms with van der Waals surface area (Å²) in [5.41, 5.74) is 0.915. The highest BCUT2D eigenvalue weighted by Gasteiger charge is 2.24. The minimum Gasteiger partial charge on any atom is -0.487 e. The van der Waals surface area contributed by atoms with E-state index >= 15 is 0 Å². The number of aromatic nitrogens is 2. The summed E-state index contributed by atoms with van der Waals surface area (Å²) in [5, 5.41) is 6.91. The van der Waals surface area contributed by atoms with Crippen LogP contribution in [0.3, 0.4) is 0 Å². The van der Waals surface area contributed by atoms with Crippen molar-refractivity contribution in [3.05, 3.63) is 47.8 Å². The molecule has 1 fully saturated rings. The lowest BCUT2D eigenvalue weighted by Gasteiger charge is -2.32. The van der Waals surface area contributed by atoms with E-state index in [1.165, 1.54) is 12.1 Å². The van der Waals surface area contributed by atoms with Crippen LogP contribution in [0.15, 0.2) is 30.5 Å². The zero-order valence-corrected chi connectivity index (χ0v) is 13.9. The number of amides is 2. The summed E-state index contributed by atoms with van der Waals surface area (Å²) < 4.78 is 33.8. The maximum absolute atomic E-state index is 13.6. The van der Waals surface area contributed by atoms with E-state index in [-0.39, 0.29) is 17.9 Å². The van der Waals surface area contributed by atoms with Gasteiger partial charge in [0.05, 0.1) is 12.2 Å². The van der Waals surface area contributed by atoms with Crippen molar-refractivity contribution < 1.29 is 18.3 Å². The van der Waals surface area contributed by atoms with Gasteiger partial charge in [0.2, 0.25) is 0 Å². The smallest absolute Gasteiger partial charge is 0.317 e. The predicted octanol–water partition coefficient (Wildman–Crippen LogP) is 2.45. The molecule has 0 spiro atoms. The third kappa shape index (κ3) is 4.26. The molecule has 1 N–H and O–H groups in total. The molecular formula is C17H20F2N4O2. The van der Waals surface area contributed by atoms with Gasteiger partial charge in [0.1, 0.15) is 11.9 Å². The topological polar surface area (TPSA) is 59.4 Å². The second-order valence-electron chi connectivity index (χ2n) is 5.98. The van der Waals surface area contributed by atoms with Crippen LogP contribution in [0.25, 0.3) is 0 Å². The minimum atomic E-state index is -0.712.